The minimum absolute atomic E-state index is 0.0741. The van der Waals surface area contributed by atoms with Gasteiger partial charge >= 0.3 is 0 Å². The van der Waals surface area contributed by atoms with Crippen LogP contribution in [-0.2, 0) is 12.8 Å². The summed E-state index contributed by atoms with van der Waals surface area (Å²) >= 11 is 7.55. The molecule has 4 aromatic rings. The normalized spacial score (nSPS) is 17.5. The molecule has 170 valence electrons. The van der Waals surface area contributed by atoms with Crippen molar-refractivity contribution < 1.29 is 5.11 Å². The average Bonchev–Trinajstić information content (AvgIpc) is 3.52. The summed E-state index contributed by atoms with van der Waals surface area (Å²) in [5, 5.41) is 20.8. The van der Waals surface area contributed by atoms with Crippen LogP contribution in [0.25, 0.3) is 11.3 Å². The van der Waals surface area contributed by atoms with Gasteiger partial charge in [-0.2, -0.15) is 5.10 Å². The van der Waals surface area contributed by atoms with Crippen molar-refractivity contribution in [1.82, 2.24) is 4.98 Å². The first kappa shape index (κ1) is 21.4. The van der Waals surface area contributed by atoms with Gasteiger partial charge in [0.1, 0.15) is 5.75 Å². The summed E-state index contributed by atoms with van der Waals surface area (Å²) in [7, 11) is 0. The molecule has 0 saturated carbocycles. The number of phenolic OH excluding ortho intramolecular Hbond substituents is 1. The summed E-state index contributed by atoms with van der Waals surface area (Å²) < 4.78 is 0. The van der Waals surface area contributed by atoms with E-state index in [1.54, 1.807) is 18.2 Å². The molecule has 1 aliphatic carbocycles. The number of aromatic nitrogens is 1. The molecule has 0 amide bonds. The number of aryl methyl sites for hydroxylation is 2. The molecular formula is C28H24ClN3OS. The molecule has 1 unspecified atom stereocenters. The fourth-order valence-electron chi connectivity index (χ4n) is 4.92. The highest BCUT2D eigenvalue weighted by Crippen LogP contribution is 2.41. The lowest BCUT2D eigenvalue weighted by molar-refractivity contribution is 0.477. The van der Waals surface area contributed by atoms with E-state index in [1.165, 1.54) is 52.9 Å². The number of hydrazone groups is 1. The standard InChI is InChI=1S/C28H24ClN3OS/c29-22-12-13-23(27(33)15-22)25-17-34-28(30-25)32-26(19-7-2-1-3-8-19)16-24(31-32)21-11-10-18-6-4-5-9-20(18)14-21/h1-3,7-8,10-15,17,26,33H,4-6,9,16H2. The first-order chi connectivity index (χ1) is 16.7. The maximum absolute atomic E-state index is 10.4. The summed E-state index contributed by atoms with van der Waals surface area (Å²) in [5.41, 5.74) is 7.85. The van der Waals surface area contributed by atoms with Crippen molar-refractivity contribution in [2.24, 2.45) is 5.10 Å². The number of halogens is 1. The number of thiazole rings is 1. The second-order valence-electron chi connectivity index (χ2n) is 8.89. The molecule has 0 bridgehead atoms. The minimum Gasteiger partial charge on any atom is -0.507 e. The second-order valence-corrected chi connectivity index (χ2v) is 10.2. The van der Waals surface area contributed by atoms with Gasteiger partial charge in [-0.25, -0.2) is 9.99 Å². The first-order valence-corrected chi connectivity index (χ1v) is 12.9. The van der Waals surface area contributed by atoms with E-state index in [0.29, 0.717) is 10.6 Å². The van der Waals surface area contributed by atoms with Gasteiger partial charge in [-0.3, -0.25) is 0 Å². The molecule has 2 heterocycles. The van der Waals surface area contributed by atoms with Crippen molar-refractivity contribution in [3.63, 3.8) is 0 Å². The van der Waals surface area contributed by atoms with Crippen LogP contribution in [0.4, 0.5) is 5.13 Å². The van der Waals surface area contributed by atoms with Crippen molar-refractivity contribution >= 4 is 33.8 Å². The maximum Gasteiger partial charge on any atom is 0.207 e. The van der Waals surface area contributed by atoms with Crippen LogP contribution in [0.2, 0.25) is 5.02 Å². The van der Waals surface area contributed by atoms with Gasteiger partial charge in [0, 0.05) is 22.4 Å². The van der Waals surface area contributed by atoms with Crippen molar-refractivity contribution in [3.05, 3.63) is 99.4 Å². The molecule has 1 aromatic heterocycles. The highest BCUT2D eigenvalue weighted by Gasteiger charge is 2.32. The van der Waals surface area contributed by atoms with E-state index in [-0.39, 0.29) is 11.8 Å². The van der Waals surface area contributed by atoms with Crippen LogP contribution in [0, 0.1) is 0 Å². The summed E-state index contributed by atoms with van der Waals surface area (Å²) in [6.07, 6.45) is 5.71. The lowest BCUT2D eigenvalue weighted by Crippen LogP contribution is -2.18. The third kappa shape index (κ3) is 3.99. The van der Waals surface area contributed by atoms with Gasteiger partial charge in [-0.15, -0.1) is 11.3 Å². The van der Waals surface area contributed by atoms with Crippen LogP contribution in [0.3, 0.4) is 0 Å². The quantitative estimate of drug-likeness (QED) is 0.327. The zero-order chi connectivity index (χ0) is 23.1. The molecule has 0 radical (unpaired) electrons. The van der Waals surface area contributed by atoms with Crippen LogP contribution in [0.1, 0.15) is 47.6 Å². The van der Waals surface area contributed by atoms with E-state index in [1.807, 2.05) is 16.5 Å². The molecule has 6 heteroatoms. The Morgan fingerprint density at radius 2 is 1.76 bits per heavy atom. The summed E-state index contributed by atoms with van der Waals surface area (Å²) in [6, 6.07) is 22.6. The van der Waals surface area contributed by atoms with E-state index >= 15 is 0 Å². The Bertz CT molecular complexity index is 1380. The zero-order valence-corrected chi connectivity index (χ0v) is 20.2. The third-order valence-corrected chi connectivity index (χ3v) is 7.77. The number of benzene rings is 3. The predicted octanol–water partition coefficient (Wildman–Crippen LogP) is 7.40. The molecule has 0 saturated heterocycles. The van der Waals surface area contributed by atoms with Gasteiger partial charge in [-0.1, -0.05) is 54.1 Å². The van der Waals surface area contributed by atoms with E-state index in [0.717, 1.165) is 29.4 Å². The molecule has 6 rings (SSSR count). The van der Waals surface area contributed by atoms with Crippen molar-refractivity contribution in [2.45, 2.75) is 38.1 Å². The maximum atomic E-state index is 10.4. The Morgan fingerprint density at radius 3 is 2.59 bits per heavy atom. The molecule has 1 aliphatic heterocycles. The van der Waals surface area contributed by atoms with Crippen molar-refractivity contribution in [3.8, 4) is 17.0 Å². The highest BCUT2D eigenvalue weighted by molar-refractivity contribution is 7.14. The number of hydrogen-bond donors (Lipinski definition) is 1. The second kappa shape index (κ2) is 8.90. The van der Waals surface area contributed by atoms with Crippen LogP contribution < -0.4 is 5.01 Å². The average molecular weight is 486 g/mol. The molecular weight excluding hydrogens is 462 g/mol. The minimum atomic E-state index is 0.0741. The molecule has 1 N–H and O–H groups in total. The molecule has 34 heavy (non-hydrogen) atoms. The third-order valence-electron chi connectivity index (χ3n) is 6.70. The number of rotatable bonds is 4. The Labute approximate surface area is 208 Å². The van der Waals surface area contributed by atoms with E-state index in [2.05, 4.69) is 42.5 Å². The van der Waals surface area contributed by atoms with Crippen LogP contribution in [0.5, 0.6) is 5.75 Å². The number of fused-ring (bicyclic) bond motifs is 1. The number of phenols is 1. The number of nitrogens with zero attached hydrogens (tertiary/aromatic N) is 3. The molecule has 3 aromatic carbocycles. The predicted molar refractivity (Wildman–Crippen MR) is 140 cm³/mol. The SMILES string of the molecule is Oc1cc(Cl)ccc1-c1csc(N2N=C(c3ccc4c(c3)CCCC4)CC2c2ccccc2)n1. The topological polar surface area (TPSA) is 48.7 Å². The van der Waals surface area contributed by atoms with Crippen LogP contribution in [-0.4, -0.2) is 15.8 Å². The Balaban J connectivity index is 1.38. The van der Waals surface area contributed by atoms with Gasteiger partial charge in [0.15, 0.2) is 0 Å². The lowest BCUT2D eigenvalue weighted by Gasteiger charge is -2.21. The van der Waals surface area contributed by atoms with E-state index in [9.17, 15) is 5.11 Å². The monoisotopic (exact) mass is 485 g/mol. The summed E-state index contributed by atoms with van der Waals surface area (Å²) in [4.78, 5) is 4.86. The van der Waals surface area contributed by atoms with Crippen molar-refractivity contribution in [1.29, 1.82) is 0 Å². The molecule has 0 fully saturated rings. The van der Waals surface area contributed by atoms with Crippen LogP contribution in [0.15, 0.2) is 77.2 Å². The smallest absolute Gasteiger partial charge is 0.207 e. The molecule has 2 aliphatic rings. The number of aromatic hydroxyl groups is 1. The number of anilines is 1. The Kier molecular flexibility index (Phi) is 5.60. The fraction of sp³-hybridized carbons (Fsp3) is 0.214. The summed E-state index contributed by atoms with van der Waals surface area (Å²) in [5.74, 6) is 0.128. The molecule has 4 nitrogen and oxygen atoms in total. The Morgan fingerprint density at radius 1 is 0.941 bits per heavy atom. The number of hydrogen-bond acceptors (Lipinski definition) is 5. The van der Waals surface area contributed by atoms with Gasteiger partial charge in [-0.05, 0) is 72.2 Å². The zero-order valence-electron chi connectivity index (χ0n) is 18.6. The van der Waals surface area contributed by atoms with Gasteiger partial charge in [0.05, 0.1) is 17.4 Å². The van der Waals surface area contributed by atoms with E-state index < -0.39 is 0 Å². The lowest BCUT2D eigenvalue weighted by atomic mass is 9.89. The Hall–Kier alpha value is -3.15. The van der Waals surface area contributed by atoms with Gasteiger partial charge < -0.3 is 5.11 Å². The fourth-order valence-corrected chi connectivity index (χ4v) is 5.91. The van der Waals surface area contributed by atoms with Crippen LogP contribution >= 0.6 is 22.9 Å². The highest BCUT2D eigenvalue weighted by atomic mass is 35.5. The molecule has 1 atom stereocenters. The van der Waals surface area contributed by atoms with E-state index in [4.69, 9.17) is 21.7 Å². The summed E-state index contributed by atoms with van der Waals surface area (Å²) in [6.45, 7) is 0. The van der Waals surface area contributed by atoms with Gasteiger partial charge in [0.2, 0.25) is 5.13 Å². The first-order valence-electron chi connectivity index (χ1n) is 11.6. The largest absolute Gasteiger partial charge is 0.507 e. The van der Waals surface area contributed by atoms with Gasteiger partial charge in [0.25, 0.3) is 0 Å². The molecule has 0 spiro atoms. The van der Waals surface area contributed by atoms with Crippen molar-refractivity contribution in [2.75, 3.05) is 5.01 Å².